The predicted molar refractivity (Wildman–Crippen MR) is 154 cm³/mol. The number of fused-ring (bicyclic) bond motifs is 2. The third-order valence-corrected chi connectivity index (χ3v) is 10.8. The summed E-state index contributed by atoms with van der Waals surface area (Å²) in [4.78, 5) is 8.25. The van der Waals surface area contributed by atoms with E-state index in [1.807, 2.05) is 48.5 Å². The Kier molecular flexibility index (Phi) is 6.80. The van der Waals surface area contributed by atoms with Gasteiger partial charge in [0.2, 0.25) is 0 Å². The van der Waals surface area contributed by atoms with Crippen molar-refractivity contribution < 1.29 is 22.6 Å². The molecule has 1 unspecified atom stereocenters. The number of nitrogens with zero attached hydrogens (tertiary/aromatic N) is 1. The summed E-state index contributed by atoms with van der Waals surface area (Å²) in [5, 5.41) is 3.51. The predicted octanol–water partition coefficient (Wildman–Crippen LogP) is 5.01. The van der Waals surface area contributed by atoms with Crippen LogP contribution in [0.15, 0.2) is 65.6 Å². The normalized spacial score (nSPS) is 23.5. The van der Waals surface area contributed by atoms with Crippen molar-refractivity contribution in [2.45, 2.75) is 47.7 Å². The van der Waals surface area contributed by atoms with Crippen molar-refractivity contribution in [3.05, 3.63) is 65.7 Å². The molecule has 40 heavy (non-hydrogen) atoms. The smallest absolute Gasteiger partial charge is 0.295 e. The van der Waals surface area contributed by atoms with Crippen LogP contribution in [0.1, 0.15) is 19.3 Å². The van der Waals surface area contributed by atoms with Crippen molar-refractivity contribution in [2.24, 2.45) is 0 Å². The number of aromatic amines is 1. The minimum Gasteiger partial charge on any atom is -0.456 e. The van der Waals surface area contributed by atoms with Gasteiger partial charge in [0.25, 0.3) is 6.01 Å². The maximum absolute atomic E-state index is 13.0. The summed E-state index contributed by atoms with van der Waals surface area (Å²) < 4.78 is 43.7. The highest BCUT2D eigenvalue weighted by molar-refractivity contribution is 7.92. The van der Waals surface area contributed by atoms with E-state index < -0.39 is 9.84 Å². The molecule has 0 amide bonds. The molecule has 0 aliphatic carbocycles. The summed E-state index contributed by atoms with van der Waals surface area (Å²) in [6.45, 7) is 2.67. The number of hydrogen-bond acceptors (Lipinski definition) is 7. The highest BCUT2D eigenvalue weighted by Gasteiger charge is 2.43. The first-order valence-corrected chi connectivity index (χ1v) is 15.6. The Morgan fingerprint density at radius 1 is 0.900 bits per heavy atom. The van der Waals surface area contributed by atoms with Gasteiger partial charge in [-0.15, -0.1) is 0 Å². The van der Waals surface area contributed by atoms with E-state index in [0.717, 1.165) is 52.8 Å². The lowest BCUT2D eigenvalue weighted by Gasteiger charge is -2.22. The lowest BCUT2D eigenvalue weighted by atomic mass is 10.00. The Hall–Kier alpha value is -2.95. The average Bonchev–Trinajstić information content (AvgIpc) is 3.70. The molecule has 3 atom stereocenters. The van der Waals surface area contributed by atoms with Crippen LogP contribution < -0.4 is 10.1 Å². The first-order chi connectivity index (χ1) is 19.5. The van der Waals surface area contributed by atoms with Crippen LogP contribution >= 0.6 is 11.6 Å². The second kappa shape index (κ2) is 10.5. The standard InChI is InChI=1S/C30H30ClN3O5S/c31-24-16-26-25(33-30(34-26)39-28-17-38-27-11-14-37-29(27)28)15-23(24)20-3-1-18(2-4-20)19-5-7-21(8-6-19)40(35,36)22-9-12-32-13-10-22/h1-8,15-16,22,27-29,32H,9-14,17H2,(H,33,34)/t27-,28?,29+/m1/s1. The molecule has 3 saturated heterocycles. The number of hydrogen-bond donors (Lipinski definition) is 2. The fourth-order valence-corrected chi connectivity index (χ4v) is 7.97. The van der Waals surface area contributed by atoms with E-state index in [-0.39, 0.29) is 23.6 Å². The van der Waals surface area contributed by atoms with E-state index in [1.54, 1.807) is 12.1 Å². The number of nitrogens with one attached hydrogen (secondary N) is 2. The summed E-state index contributed by atoms with van der Waals surface area (Å²) in [6, 6.07) is 19.5. The van der Waals surface area contributed by atoms with Gasteiger partial charge in [-0.2, -0.15) is 4.98 Å². The molecule has 0 saturated carbocycles. The fraction of sp³-hybridized carbons (Fsp3) is 0.367. The lowest BCUT2D eigenvalue weighted by Crippen LogP contribution is -2.35. The topological polar surface area (TPSA) is 103 Å². The Morgan fingerprint density at radius 2 is 1.60 bits per heavy atom. The van der Waals surface area contributed by atoms with Crippen LogP contribution in [0.4, 0.5) is 0 Å². The zero-order chi connectivity index (χ0) is 27.3. The largest absolute Gasteiger partial charge is 0.456 e. The van der Waals surface area contributed by atoms with Crippen molar-refractivity contribution >= 4 is 32.5 Å². The summed E-state index contributed by atoms with van der Waals surface area (Å²) in [7, 11) is -3.32. The first-order valence-electron chi connectivity index (χ1n) is 13.7. The van der Waals surface area contributed by atoms with E-state index >= 15 is 0 Å². The quantitative estimate of drug-likeness (QED) is 0.331. The van der Waals surface area contributed by atoms with Crippen LogP contribution in [0.25, 0.3) is 33.3 Å². The van der Waals surface area contributed by atoms with Gasteiger partial charge in [0.15, 0.2) is 15.9 Å². The highest BCUT2D eigenvalue weighted by atomic mass is 35.5. The van der Waals surface area contributed by atoms with Crippen molar-refractivity contribution in [1.29, 1.82) is 0 Å². The number of benzene rings is 3. The van der Waals surface area contributed by atoms with Gasteiger partial charge >= 0.3 is 0 Å². The summed E-state index contributed by atoms with van der Waals surface area (Å²) in [6.07, 6.45) is 2.06. The lowest BCUT2D eigenvalue weighted by molar-refractivity contribution is 0.0273. The van der Waals surface area contributed by atoms with Gasteiger partial charge in [-0.1, -0.05) is 48.0 Å². The van der Waals surface area contributed by atoms with Crippen LogP contribution in [-0.4, -0.2) is 68.3 Å². The molecule has 4 aromatic rings. The molecule has 3 fully saturated rings. The Balaban J connectivity index is 1.09. The van der Waals surface area contributed by atoms with Gasteiger partial charge in [-0.25, -0.2) is 8.42 Å². The number of rotatable bonds is 6. The van der Waals surface area contributed by atoms with Gasteiger partial charge in [-0.05, 0) is 73.3 Å². The first kappa shape index (κ1) is 26.0. The number of H-pyrrole nitrogens is 1. The number of piperidine rings is 1. The third kappa shape index (κ3) is 4.80. The summed E-state index contributed by atoms with van der Waals surface area (Å²) in [5.74, 6) is 0. The van der Waals surface area contributed by atoms with Gasteiger partial charge in [0.05, 0.1) is 38.9 Å². The molecule has 0 radical (unpaired) electrons. The second-order valence-electron chi connectivity index (χ2n) is 10.6. The Labute approximate surface area is 237 Å². The summed E-state index contributed by atoms with van der Waals surface area (Å²) >= 11 is 6.68. The van der Waals surface area contributed by atoms with Crippen molar-refractivity contribution in [3.63, 3.8) is 0 Å². The SMILES string of the molecule is O=S(=O)(c1ccc(-c2ccc(-c3cc4nc(OC5CO[C@@H]6CCO[C@H]56)[nH]c4cc3Cl)cc2)cc1)C1CCNCC1. The van der Waals surface area contributed by atoms with Crippen LogP contribution in [0, 0.1) is 0 Å². The molecule has 0 spiro atoms. The number of aromatic nitrogens is 2. The van der Waals surface area contributed by atoms with Gasteiger partial charge in [-0.3, -0.25) is 0 Å². The molecule has 208 valence electrons. The van der Waals surface area contributed by atoms with Crippen LogP contribution in [0.3, 0.4) is 0 Å². The van der Waals surface area contributed by atoms with Gasteiger partial charge in [0.1, 0.15) is 6.10 Å². The van der Waals surface area contributed by atoms with Crippen molar-refractivity contribution in [3.8, 4) is 28.3 Å². The van der Waals surface area contributed by atoms with E-state index in [2.05, 4.69) is 15.3 Å². The molecular formula is C30H30ClN3O5S. The summed E-state index contributed by atoms with van der Waals surface area (Å²) in [5.41, 5.74) is 5.32. The molecular weight excluding hydrogens is 550 g/mol. The zero-order valence-electron chi connectivity index (χ0n) is 21.8. The molecule has 0 bridgehead atoms. The number of imidazole rings is 1. The van der Waals surface area contributed by atoms with E-state index in [4.69, 9.17) is 25.8 Å². The molecule has 3 aromatic carbocycles. The monoisotopic (exact) mass is 579 g/mol. The van der Waals surface area contributed by atoms with Gasteiger partial charge in [0, 0.05) is 12.2 Å². The molecule has 10 heteroatoms. The van der Waals surface area contributed by atoms with Crippen molar-refractivity contribution in [1.82, 2.24) is 15.3 Å². The maximum Gasteiger partial charge on any atom is 0.295 e. The molecule has 3 aliphatic rings. The molecule has 7 rings (SSSR count). The molecule has 8 nitrogen and oxygen atoms in total. The molecule has 3 aliphatic heterocycles. The van der Waals surface area contributed by atoms with Gasteiger partial charge < -0.3 is 24.5 Å². The molecule has 1 aromatic heterocycles. The third-order valence-electron chi connectivity index (χ3n) is 8.17. The Morgan fingerprint density at radius 3 is 2.35 bits per heavy atom. The minimum atomic E-state index is -3.32. The number of ether oxygens (including phenoxy) is 3. The maximum atomic E-state index is 13.0. The minimum absolute atomic E-state index is 0.0547. The molecule has 2 N–H and O–H groups in total. The number of halogens is 1. The van der Waals surface area contributed by atoms with E-state index in [1.165, 1.54) is 0 Å². The van der Waals surface area contributed by atoms with Crippen LogP contribution in [0.2, 0.25) is 5.02 Å². The highest BCUT2D eigenvalue weighted by Crippen LogP contribution is 2.35. The van der Waals surface area contributed by atoms with E-state index in [9.17, 15) is 8.42 Å². The molecule has 4 heterocycles. The van der Waals surface area contributed by atoms with Crippen molar-refractivity contribution in [2.75, 3.05) is 26.3 Å². The van der Waals surface area contributed by atoms with Crippen LogP contribution in [0.5, 0.6) is 6.01 Å². The zero-order valence-corrected chi connectivity index (χ0v) is 23.4. The fourth-order valence-electron chi connectivity index (χ4n) is 5.94. The second-order valence-corrected chi connectivity index (χ2v) is 13.3. The average molecular weight is 580 g/mol. The van der Waals surface area contributed by atoms with E-state index in [0.29, 0.717) is 42.0 Å². The number of sulfone groups is 1. The van der Waals surface area contributed by atoms with Crippen LogP contribution in [-0.2, 0) is 19.3 Å². The Bertz CT molecular complexity index is 1630.